The largest absolute Gasteiger partial charge is 0.488 e. The molecule has 0 spiro atoms. The van der Waals surface area contributed by atoms with E-state index >= 15 is 0 Å². The number of aliphatic hydroxyl groups is 1. The number of ether oxygens (including phenoxy) is 4. The molecule has 0 radical (unpaired) electrons. The lowest BCUT2D eigenvalue weighted by Gasteiger charge is -2.63. The second-order valence-corrected chi connectivity index (χ2v) is 11.0. The average molecular weight is 474 g/mol. The standard InChI is InChI=1S/C27H39NO6/c1-26-11-10-23-27(2,18-33-25(34-23)17-32-19-6-4-3-5-7-19)22(26)9-8-21(29)20(26)16-24(30)28-12-14-31-15-13-28/h3-7,20-23,25,29H,8-18H2,1-2H3. The molecule has 7 heteroatoms. The number of aliphatic hydroxyl groups excluding tert-OH is 1. The van der Waals surface area contributed by atoms with E-state index in [2.05, 4.69) is 13.8 Å². The van der Waals surface area contributed by atoms with Crippen LogP contribution < -0.4 is 4.74 Å². The van der Waals surface area contributed by atoms with Crippen molar-refractivity contribution in [2.75, 3.05) is 39.5 Å². The lowest BCUT2D eigenvalue weighted by molar-refractivity contribution is -0.313. The highest BCUT2D eigenvalue weighted by molar-refractivity contribution is 5.76. The number of fused-ring (bicyclic) bond motifs is 3. The monoisotopic (exact) mass is 473 g/mol. The van der Waals surface area contributed by atoms with Gasteiger partial charge in [0.2, 0.25) is 5.91 Å². The number of morpholine rings is 1. The third kappa shape index (κ3) is 4.48. The molecular weight excluding hydrogens is 434 g/mol. The first-order chi connectivity index (χ1) is 16.4. The molecule has 5 rings (SSSR count). The summed E-state index contributed by atoms with van der Waals surface area (Å²) in [7, 11) is 0. The molecule has 2 heterocycles. The number of carbonyl (C=O) groups excluding carboxylic acids is 1. The quantitative estimate of drug-likeness (QED) is 0.708. The highest BCUT2D eigenvalue weighted by Crippen LogP contribution is 2.62. The van der Waals surface area contributed by atoms with Gasteiger partial charge in [0.15, 0.2) is 6.29 Å². The second kappa shape index (κ2) is 9.76. The van der Waals surface area contributed by atoms with Gasteiger partial charge in [-0.1, -0.05) is 32.0 Å². The summed E-state index contributed by atoms with van der Waals surface area (Å²) in [4.78, 5) is 15.0. The number of hydrogen-bond donors (Lipinski definition) is 1. The van der Waals surface area contributed by atoms with Gasteiger partial charge in [-0.2, -0.15) is 0 Å². The van der Waals surface area contributed by atoms with Crippen molar-refractivity contribution in [1.82, 2.24) is 4.90 Å². The van der Waals surface area contributed by atoms with Gasteiger partial charge in [0.1, 0.15) is 12.4 Å². The van der Waals surface area contributed by atoms with Crippen LogP contribution in [-0.4, -0.2) is 73.9 Å². The molecule has 2 saturated heterocycles. The van der Waals surface area contributed by atoms with E-state index in [0.717, 1.165) is 31.4 Å². The van der Waals surface area contributed by atoms with E-state index in [4.69, 9.17) is 18.9 Å². The van der Waals surface area contributed by atoms with Crippen molar-refractivity contribution in [2.45, 2.75) is 64.4 Å². The summed E-state index contributed by atoms with van der Waals surface area (Å²) in [5, 5.41) is 11.0. The Kier molecular flexibility index (Phi) is 6.90. The van der Waals surface area contributed by atoms with Gasteiger partial charge in [-0.25, -0.2) is 0 Å². The lowest BCUT2D eigenvalue weighted by Crippen LogP contribution is -2.63. The number of carbonyl (C=O) groups is 1. The molecule has 2 aliphatic heterocycles. The predicted octanol–water partition coefficient (Wildman–Crippen LogP) is 3.25. The average Bonchev–Trinajstić information content (AvgIpc) is 2.86. The highest BCUT2D eigenvalue weighted by Gasteiger charge is 2.61. The Labute approximate surface area is 202 Å². The van der Waals surface area contributed by atoms with Gasteiger partial charge in [0, 0.05) is 24.9 Å². The first-order valence-corrected chi connectivity index (χ1v) is 12.9. The van der Waals surface area contributed by atoms with Crippen molar-refractivity contribution in [3.05, 3.63) is 30.3 Å². The summed E-state index contributed by atoms with van der Waals surface area (Å²) < 4.78 is 23.9. The molecule has 2 aliphatic carbocycles. The molecule has 4 fully saturated rings. The lowest BCUT2D eigenvalue weighted by atomic mass is 9.46. The van der Waals surface area contributed by atoms with Crippen LogP contribution in [0.25, 0.3) is 0 Å². The predicted molar refractivity (Wildman–Crippen MR) is 126 cm³/mol. The third-order valence-electron chi connectivity index (χ3n) is 9.12. The van der Waals surface area contributed by atoms with Gasteiger partial charge in [0.05, 0.1) is 32.0 Å². The summed E-state index contributed by atoms with van der Waals surface area (Å²) in [6, 6.07) is 9.74. The summed E-state index contributed by atoms with van der Waals surface area (Å²) in [5.74, 6) is 1.25. The molecule has 34 heavy (non-hydrogen) atoms. The van der Waals surface area contributed by atoms with Crippen LogP contribution in [0.5, 0.6) is 5.75 Å². The molecule has 4 aliphatic rings. The SMILES string of the molecule is CC12COC(COc3ccccc3)OC1CCC1(C)C(CC(=O)N3CCOCC3)C(O)CCC21. The topological polar surface area (TPSA) is 77.5 Å². The minimum Gasteiger partial charge on any atom is -0.488 e. The van der Waals surface area contributed by atoms with Crippen LogP contribution >= 0.6 is 0 Å². The minimum absolute atomic E-state index is 0.0430. The van der Waals surface area contributed by atoms with Crippen molar-refractivity contribution in [2.24, 2.45) is 22.7 Å². The number of para-hydroxylation sites is 1. The van der Waals surface area contributed by atoms with E-state index in [-0.39, 0.29) is 35.0 Å². The Morgan fingerprint density at radius 3 is 2.65 bits per heavy atom. The smallest absolute Gasteiger partial charge is 0.223 e. The van der Waals surface area contributed by atoms with E-state index in [1.165, 1.54) is 0 Å². The van der Waals surface area contributed by atoms with Gasteiger partial charge < -0.3 is 29.0 Å². The Balaban J connectivity index is 1.26. The van der Waals surface area contributed by atoms with Crippen LogP contribution in [-0.2, 0) is 19.0 Å². The van der Waals surface area contributed by atoms with Crippen molar-refractivity contribution in [1.29, 1.82) is 0 Å². The molecule has 1 aromatic carbocycles. The Morgan fingerprint density at radius 1 is 1.12 bits per heavy atom. The molecule has 1 aromatic rings. The first-order valence-electron chi connectivity index (χ1n) is 12.9. The second-order valence-electron chi connectivity index (χ2n) is 11.0. The van der Waals surface area contributed by atoms with E-state index in [1.807, 2.05) is 35.2 Å². The number of amides is 1. The molecule has 1 amide bonds. The number of benzene rings is 1. The summed E-state index contributed by atoms with van der Waals surface area (Å²) in [6.45, 7) is 8.06. The molecule has 7 unspecified atom stereocenters. The third-order valence-corrected chi connectivity index (χ3v) is 9.12. The van der Waals surface area contributed by atoms with Gasteiger partial charge in [-0.05, 0) is 55.1 Å². The van der Waals surface area contributed by atoms with Crippen LogP contribution in [0.2, 0.25) is 0 Å². The van der Waals surface area contributed by atoms with E-state index in [1.54, 1.807) is 0 Å². The van der Waals surface area contributed by atoms with E-state index < -0.39 is 6.10 Å². The Morgan fingerprint density at radius 2 is 1.88 bits per heavy atom. The van der Waals surface area contributed by atoms with Crippen molar-refractivity contribution < 1.29 is 28.8 Å². The summed E-state index contributed by atoms with van der Waals surface area (Å²) >= 11 is 0. The zero-order valence-electron chi connectivity index (χ0n) is 20.5. The summed E-state index contributed by atoms with van der Waals surface area (Å²) in [6.07, 6.45) is 3.19. The van der Waals surface area contributed by atoms with Crippen LogP contribution in [0, 0.1) is 22.7 Å². The van der Waals surface area contributed by atoms with Crippen molar-refractivity contribution in [3.63, 3.8) is 0 Å². The minimum atomic E-state index is -0.441. The first kappa shape index (κ1) is 24.0. The molecule has 1 N–H and O–H groups in total. The fraction of sp³-hybridized carbons (Fsp3) is 0.741. The Hall–Kier alpha value is -1.67. The summed E-state index contributed by atoms with van der Waals surface area (Å²) in [5.41, 5.74) is -0.262. The molecule has 7 atom stereocenters. The molecule has 0 bridgehead atoms. The van der Waals surface area contributed by atoms with E-state index in [0.29, 0.717) is 51.9 Å². The van der Waals surface area contributed by atoms with Crippen LogP contribution in [0.15, 0.2) is 30.3 Å². The maximum Gasteiger partial charge on any atom is 0.223 e. The Bertz CT molecular complexity index is 845. The van der Waals surface area contributed by atoms with Gasteiger partial charge in [0.25, 0.3) is 0 Å². The number of rotatable bonds is 5. The zero-order valence-corrected chi connectivity index (χ0v) is 20.5. The molecule has 2 saturated carbocycles. The maximum atomic E-state index is 13.1. The van der Waals surface area contributed by atoms with Crippen molar-refractivity contribution in [3.8, 4) is 5.75 Å². The number of nitrogens with zero attached hydrogens (tertiary/aromatic N) is 1. The van der Waals surface area contributed by atoms with Gasteiger partial charge >= 0.3 is 0 Å². The number of hydrogen-bond acceptors (Lipinski definition) is 6. The normalized spacial score (nSPS) is 40.2. The molecule has 7 nitrogen and oxygen atoms in total. The highest BCUT2D eigenvalue weighted by atomic mass is 16.7. The molecular formula is C27H39NO6. The van der Waals surface area contributed by atoms with Crippen LogP contribution in [0.1, 0.15) is 46.0 Å². The van der Waals surface area contributed by atoms with Crippen molar-refractivity contribution >= 4 is 5.91 Å². The van der Waals surface area contributed by atoms with Gasteiger partial charge in [-0.15, -0.1) is 0 Å². The zero-order chi connectivity index (χ0) is 23.8. The fourth-order valence-corrected chi connectivity index (χ4v) is 7.18. The molecule has 0 aromatic heterocycles. The van der Waals surface area contributed by atoms with Crippen LogP contribution in [0.4, 0.5) is 0 Å². The van der Waals surface area contributed by atoms with E-state index in [9.17, 15) is 9.90 Å². The maximum absolute atomic E-state index is 13.1. The molecule has 188 valence electrons. The fourth-order valence-electron chi connectivity index (χ4n) is 7.18. The van der Waals surface area contributed by atoms with Crippen LogP contribution in [0.3, 0.4) is 0 Å². The van der Waals surface area contributed by atoms with Gasteiger partial charge in [-0.3, -0.25) is 4.79 Å².